The van der Waals surface area contributed by atoms with Gasteiger partial charge < -0.3 is 9.47 Å². The van der Waals surface area contributed by atoms with Crippen molar-refractivity contribution in [3.63, 3.8) is 0 Å². The summed E-state index contributed by atoms with van der Waals surface area (Å²) in [6.45, 7) is 0. The summed E-state index contributed by atoms with van der Waals surface area (Å²) in [5.41, 5.74) is 2.01. The van der Waals surface area contributed by atoms with Crippen molar-refractivity contribution in [3.8, 4) is 0 Å². The van der Waals surface area contributed by atoms with E-state index in [0.29, 0.717) is 0 Å². The van der Waals surface area contributed by atoms with Crippen molar-refractivity contribution in [2.24, 2.45) is 15.4 Å². The van der Waals surface area contributed by atoms with Crippen LogP contribution in [-0.2, 0) is 9.47 Å². The largest absolute Gasteiger partial charge is 0.471 e. The first-order valence-electron chi connectivity index (χ1n) is 10.0. The van der Waals surface area contributed by atoms with Crippen LogP contribution < -0.4 is 0 Å². The van der Waals surface area contributed by atoms with Gasteiger partial charge in [0.25, 0.3) is 0 Å². The predicted molar refractivity (Wildman–Crippen MR) is 120 cm³/mol. The normalized spacial score (nSPS) is 39.5. The molecule has 0 N–H and O–H groups in total. The molecule has 148 valence electrons. The van der Waals surface area contributed by atoms with Crippen molar-refractivity contribution >= 4 is 43.7 Å². The molecule has 0 radical (unpaired) electrons. The zero-order chi connectivity index (χ0) is 19.6. The van der Waals surface area contributed by atoms with Gasteiger partial charge in [-0.15, -0.1) is 0 Å². The van der Waals surface area contributed by atoms with E-state index in [1.54, 1.807) is 0 Å². The maximum absolute atomic E-state index is 6.36. The van der Waals surface area contributed by atoms with Crippen molar-refractivity contribution in [1.29, 1.82) is 0 Å². The fourth-order valence-electron chi connectivity index (χ4n) is 5.45. The molecule has 2 aliphatic heterocycles. The van der Waals surface area contributed by atoms with E-state index >= 15 is 0 Å². The molecule has 6 atom stereocenters. The SMILES string of the molecule is Br[C@@H]1CC2(C[C@@H](Br)[C@@H]3OC(c4ccccc4)=N[C@@H]32)[C@H]2N=C(c3ccccc3)O[C@@H]12. The van der Waals surface area contributed by atoms with Crippen LogP contribution in [0, 0.1) is 5.41 Å². The van der Waals surface area contributed by atoms with E-state index in [1.807, 2.05) is 36.4 Å². The topological polar surface area (TPSA) is 43.2 Å². The molecular formula is C23H20Br2N2O2. The zero-order valence-corrected chi connectivity index (χ0v) is 18.8. The number of halogens is 2. The molecule has 1 spiro atoms. The summed E-state index contributed by atoms with van der Waals surface area (Å²) < 4.78 is 12.7. The summed E-state index contributed by atoms with van der Waals surface area (Å²) in [5.74, 6) is 1.51. The molecule has 2 aromatic carbocycles. The highest BCUT2D eigenvalue weighted by Crippen LogP contribution is 2.60. The Hall–Kier alpha value is -1.66. The molecule has 0 aromatic heterocycles. The zero-order valence-electron chi connectivity index (χ0n) is 15.6. The summed E-state index contributed by atoms with van der Waals surface area (Å²) in [6.07, 6.45) is 2.07. The lowest BCUT2D eigenvalue weighted by Crippen LogP contribution is -2.40. The van der Waals surface area contributed by atoms with Crippen LogP contribution in [0.15, 0.2) is 70.6 Å². The average Bonchev–Trinajstić information content (AvgIpc) is 3.48. The molecule has 0 amide bonds. The Kier molecular flexibility index (Phi) is 4.17. The molecule has 2 aliphatic carbocycles. The standard InChI is InChI=1S/C23H20Br2N2O2/c24-15-11-23(19-17(15)28-21(26-19)13-7-3-1-4-8-13)12-16(25)18-20(23)27-22(29-18)14-9-5-2-6-10-14/h1-10,15-20H,11-12H2/t15-,16-,17+,18+,19+,20+,23?/m1/s1. The van der Waals surface area contributed by atoms with Crippen LogP contribution in [0.4, 0.5) is 0 Å². The van der Waals surface area contributed by atoms with Gasteiger partial charge in [-0.25, -0.2) is 9.98 Å². The Bertz CT molecular complexity index is 913. The van der Waals surface area contributed by atoms with E-state index in [9.17, 15) is 0 Å². The number of hydrogen-bond donors (Lipinski definition) is 0. The number of hydrogen-bond acceptors (Lipinski definition) is 4. The van der Waals surface area contributed by atoms with Gasteiger partial charge in [0.05, 0.1) is 21.7 Å². The van der Waals surface area contributed by atoms with Gasteiger partial charge in [-0.2, -0.15) is 0 Å². The van der Waals surface area contributed by atoms with Crippen LogP contribution in [0.25, 0.3) is 0 Å². The molecule has 0 unspecified atom stereocenters. The summed E-state index contributed by atoms with van der Waals surface area (Å²) in [4.78, 5) is 10.7. The minimum Gasteiger partial charge on any atom is -0.471 e. The van der Waals surface area contributed by atoms with Crippen LogP contribution in [-0.4, -0.2) is 45.7 Å². The molecule has 4 aliphatic rings. The lowest BCUT2D eigenvalue weighted by Gasteiger charge is -2.30. The molecule has 0 bridgehead atoms. The van der Waals surface area contributed by atoms with Crippen LogP contribution in [0.3, 0.4) is 0 Å². The van der Waals surface area contributed by atoms with Gasteiger partial charge in [-0.1, -0.05) is 68.3 Å². The first kappa shape index (κ1) is 18.1. The number of nitrogens with zero attached hydrogens (tertiary/aromatic N) is 2. The first-order valence-corrected chi connectivity index (χ1v) is 11.9. The minimum atomic E-state index is -0.0648. The maximum Gasteiger partial charge on any atom is 0.216 e. The maximum atomic E-state index is 6.36. The second kappa shape index (κ2) is 6.67. The molecule has 6 heteroatoms. The summed E-state index contributed by atoms with van der Waals surface area (Å²) in [7, 11) is 0. The molecule has 2 aromatic rings. The smallest absolute Gasteiger partial charge is 0.216 e. The highest BCUT2D eigenvalue weighted by atomic mass is 79.9. The summed E-state index contributed by atoms with van der Waals surface area (Å²) in [6, 6.07) is 20.5. The molecule has 2 saturated carbocycles. The Morgan fingerprint density at radius 1 is 0.690 bits per heavy atom. The van der Waals surface area contributed by atoms with Crippen molar-refractivity contribution in [2.45, 2.75) is 46.8 Å². The van der Waals surface area contributed by atoms with Gasteiger partial charge in [-0.3, -0.25) is 0 Å². The van der Waals surface area contributed by atoms with Gasteiger partial charge in [0.2, 0.25) is 11.8 Å². The second-order valence-corrected chi connectivity index (χ2v) is 10.7. The first-order chi connectivity index (χ1) is 14.2. The molecular weight excluding hydrogens is 496 g/mol. The Labute approximate surface area is 186 Å². The van der Waals surface area contributed by atoms with Gasteiger partial charge in [0, 0.05) is 16.5 Å². The van der Waals surface area contributed by atoms with Crippen LogP contribution in [0.1, 0.15) is 24.0 Å². The number of benzene rings is 2. The van der Waals surface area contributed by atoms with Crippen LogP contribution in [0.2, 0.25) is 0 Å². The van der Waals surface area contributed by atoms with Gasteiger partial charge >= 0.3 is 0 Å². The Morgan fingerprint density at radius 3 is 1.52 bits per heavy atom. The number of aliphatic imine (C=N–C) groups is 2. The number of alkyl halides is 2. The van der Waals surface area contributed by atoms with Crippen molar-refractivity contribution in [3.05, 3.63) is 71.8 Å². The molecule has 6 rings (SSSR count). The molecule has 29 heavy (non-hydrogen) atoms. The Balaban J connectivity index is 1.39. The highest BCUT2D eigenvalue weighted by Gasteiger charge is 2.68. The van der Waals surface area contributed by atoms with Crippen molar-refractivity contribution in [2.75, 3.05) is 0 Å². The van der Waals surface area contributed by atoms with Gasteiger partial charge in [-0.05, 0) is 37.1 Å². The number of rotatable bonds is 2. The van der Waals surface area contributed by atoms with Crippen LogP contribution >= 0.6 is 31.9 Å². The van der Waals surface area contributed by atoms with Crippen LogP contribution in [0.5, 0.6) is 0 Å². The second-order valence-electron chi connectivity index (χ2n) is 8.33. The van der Waals surface area contributed by atoms with E-state index in [-0.39, 0.29) is 39.4 Å². The van der Waals surface area contributed by atoms with Gasteiger partial charge in [0.15, 0.2) is 0 Å². The van der Waals surface area contributed by atoms with E-state index in [4.69, 9.17) is 19.5 Å². The number of fused-ring (bicyclic) bond motifs is 4. The molecule has 0 saturated heterocycles. The van der Waals surface area contributed by atoms with E-state index < -0.39 is 0 Å². The van der Waals surface area contributed by atoms with Gasteiger partial charge in [0.1, 0.15) is 12.2 Å². The number of ether oxygens (including phenoxy) is 2. The average molecular weight is 516 g/mol. The monoisotopic (exact) mass is 514 g/mol. The third kappa shape index (κ3) is 2.68. The van der Waals surface area contributed by atoms with E-state index in [1.165, 1.54) is 0 Å². The Morgan fingerprint density at radius 2 is 1.10 bits per heavy atom. The lowest BCUT2D eigenvalue weighted by atomic mass is 9.77. The lowest BCUT2D eigenvalue weighted by molar-refractivity contribution is 0.148. The third-order valence-corrected chi connectivity index (χ3v) is 8.40. The summed E-state index contributed by atoms with van der Waals surface area (Å²) >= 11 is 7.81. The molecule has 2 heterocycles. The fourth-order valence-corrected chi connectivity index (χ4v) is 7.45. The summed E-state index contributed by atoms with van der Waals surface area (Å²) in [5, 5.41) is 0. The van der Waals surface area contributed by atoms with E-state index in [0.717, 1.165) is 35.8 Å². The molecule has 4 nitrogen and oxygen atoms in total. The molecule has 2 fully saturated rings. The fraction of sp³-hybridized carbons (Fsp3) is 0.391. The van der Waals surface area contributed by atoms with Crippen molar-refractivity contribution in [1.82, 2.24) is 0 Å². The minimum absolute atomic E-state index is 0.0413. The van der Waals surface area contributed by atoms with E-state index in [2.05, 4.69) is 56.1 Å². The third-order valence-electron chi connectivity index (χ3n) is 6.71. The predicted octanol–water partition coefficient (Wildman–Crippen LogP) is 4.74. The quantitative estimate of drug-likeness (QED) is 0.542. The van der Waals surface area contributed by atoms with Crippen molar-refractivity contribution < 1.29 is 9.47 Å². The highest BCUT2D eigenvalue weighted by molar-refractivity contribution is 9.09.